The fourth-order valence-electron chi connectivity index (χ4n) is 3.65. The van der Waals surface area contributed by atoms with Gasteiger partial charge < -0.3 is 16.0 Å². The smallest absolute Gasteiger partial charge is 0.318 e. The highest BCUT2D eigenvalue weighted by Gasteiger charge is 2.17. The number of hydrogen-bond acceptors (Lipinski definition) is 5. The van der Waals surface area contributed by atoms with E-state index in [1.807, 2.05) is 24.3 Å². The lowest BCUT2D eigenvalue weighted by atomic mass is 10.1. The molecule has 5 aromatic rings. The number of amides is 2. The van der Waals surface area contributed by atoms with Crippen molar-refractivity contribution in [2.45, 2.75) is 6.54 Å². The second-order valence-electron chi connectivity index (χ2n) is 7.51. The molecule has 3 heterocycles. The van der Waals surface area contributed by atoms with Crippen LogP contribution in [-0.4, -0.2) is 32.4 Å². The summed E-state index contributed by atoms with van der Waals surface area (Å²) in [6.45, 7) is 0.447. The van der Waals surface area contributed by atoms with Gasteiger partial charge in [-0.3, -0.25) is 9.38 Å². The van der Waals surface area contributed by atoms with Crippen molar-refractivity contribution >= 4 is 34.2 Å². The number of hydrogen-bond donors (Lipinski definition) is 3. The standard InChI is InChI=1S/C24H19F2N7O/c1-27-24(34)31-16-4-2-15(3-5-16)21-13-30-23-22(29-12-14-6-8-28-9-7-14)32-19-10-17(25)18(26)11-20(19)33(21)23/h2-11,13H,12H2,1H3,(H,29,32)(H2,27,31,34). The van der Waals surface area contributed by atoms with Gasteiger partial charge in [-0.15, -0.1) is 0 Å². The number of imidazole rings is 1. The summed E-state index contributed by atoms with van der Waals surface area (Å²) < 4.78 is 30.0. The third-order valence-corrected chi connectivity index (χ3v) is 5.34. The van der Waals surface area contributed by atoms with Crippen LogP contribution in [0.25, 0.3) is 27.9 Å². The molecule has 0 spiro atoms. The van der Waals surface area contributed by atoms with E-state index in [4.69, 9.17) is 0 Å². The van der Waals surface area contributed by atoms with Crippen LogP contribution in [0.5, 0.6) is 0 Å². The van der Waals surface area contributed by atoms with Crippen LogP contribution in [0.2, 0.25) is 0 Å². The number of carbonyl (C=O) groups is 1. The highest BCUT2D eigenvalue weighted by atomic mass is 19.2. The number of nitrogens with one attached hydrogen (secondary N) is 3. The molecule has 0 aliphatic carbocycles. The Kier molecular flexibility index (Phi) is 5.46. The van der Waals surface area contributed by atoms with Gasteiger partial charge >= 0.3 is 6.03 Å². The van der Waals surface area contributed by atoms with E-state index >= 15 is 0 Å². The van der Waals surface area contributed by atoms with Gasteiger partial charge in [-0.05, 0) is 29.8 Å². The SMILES string of the molecule is CNC(=O)Nc1ccc(-c2cnc3c(NCc4ccncc4)nc4cc(F)c(F)cc4n23)cc1. The lowest BCUT2D eigenvalue weighted by Gasteiger charge is -2.12. The minimum atomic E-state index is -0.981. The van der Waals surface area contributed by atoms with Crippen molar-refractivity contribution in [2.75, 3.05) is 17.7 Å². The van der Waals surface area contributed by atoms with Crippen molar-refractivity contribution in [3.63, 3.8) is 0 Å². The van der Waals surface area contributed by atoms with Crippen LogP contribution in [0.4, 0.5) is 25.1 Å². The van der Waals surface area contributed by atoms with E-state index < -0.39 is 11.6 Å². The van der Waals surface area contributed by atoms with Gasteiger partial charge in [0, 0.05) is 49.4 Å². The summed E-state index contributed by atoms with van der Waals surface area (Å²) in [7, 11) is 1.53. The van der Waals surface area contributed by atoms with Crippen LogP contribution in [-0.2, 0) is 6.54 Å². The maximum atomic E-state index is 14.2. The Bertz CT molecular complexity index is 1500. The number of fused-ring (bicyclic) bond motifs is 3. The molecular weight excluding hydrogens is 440 g/mol. The van der Waals surface area contributed by atoms with Gasteiger partial charge in [0.2, 0.25) is 0 Å². The number of carbonyl (C=O) groups excluding carboxylic acids is 1. The molecule has 3 N–H and O–H groups in total. The largest absolute Gasteiger partial charge is 0.363 e. The first-order valence-corrected chi connectivity index (χ1v) is 10.4. The molecule has 0 saturated carbocycles. The van der Waals surface area contributed by atoms with E-state index in [1.54, 1.807) is 35.1 Å². The number of urea groups is 1. The Labute approximate surface area is 192 Å². The number of pyridine rings is 1. The minimum absolute atomic E-state index is 0.279. The van der Waals surface area contributed by atoms with Crippen molar-refractivity contribution in [2.24, 2.45) is 0 Å². The van der Waals surface area contributed by atoms with Crippen LogP contribution in [0.1, 0.15) is 5.56 Å². The molecule has 0 atom stereocenters. The molecule has 0 radical (unpaired) electrons. The predicted molar refractivity (Wildman–Crippen MR) is 125 cm³/mol. The third-order valence-electron chi connectivity index (χ3n) is 5.34. The van der Waals surface area contributed by atoms with Crippen LogP contribution >= 0.6 is 0 Å². The number of halogens is 2. The summed E-state index contributed by atoms with van der Waals surface area (Å²) in [5.41, 5.74) is 4.14. The Hall–Kier alpha value is -4.60. The van der Waals surface area contributed by atoms with Crippen LogP contribution < -0.4 is 16.0 Å². The predicted octanol–water partition coefficient (Wildman–Crippen LogP) is 4.59. The molecule has 170 valence electrons. The Morgan fingerprint density at radius 3 is 2.50 bits per heavy atom. The molecule has 2 aromatic carbocycles. The topological polar surface area (TPSA) is 96.2 Å². The van der Waals surface area contributed by atoms with Gasteiger partial charge in [-0.2, -0.15) is 0 Å². The summed E-state index contributed by atoms with van der Waals surface area (Å²) in [5, 5.41) is 8.43. The lowest BCUT2D eigenvalue weighted by Crippen LogP contribution is -2.24. The molecule has 0 saturated heterocycles. The molecule has 5 rings (SSSR count). The molecule has 0 bridgehead atoms. The van der Waals surface area contributed by atoms with Crippen LogP contribution in [0.3, 0.4) is 0 Å². The molecule has 2 amide bonds. The third kappa shape index (κ3) is 3.96. The van der Waals surface area contributed by atoms with Crippen LogP contribution in [0, 0.1) is 11.6 Å². The normalized spacial score (nSPS) is 11.0. The lowest BCUT2D eigenvalue weighted by molar-refractivity contribution is 0.254. The number of aromatic nitrogens is 4. The maximum absolute atomic E-state index is 14.2. The molecule has 0 aliphatic rings. The van der Waals surface area contributed by atoms with E-state index in [-0.39, 0.29) is 11.5 Å². The van der Waals surface area contributed by atoms with Crippen LogP contribution in [0.15, 0.2) is 67.1 Å². The van der Waals surface area contributed by atoms with Crippen molar-refractivity contribution in [3.8, 4) is 11.3 Å². The summed E-state index contributed by atoms with van der Waals surface area (Å²) >= 11 is 0. The van der Waals surface area contributed by atoms with Crippen molar-refractivity contribution in [3.05, 3.63) is 84.3 Å². The number of nitrogens with zero attached hydrogens (tertiary/aromatic N) is 4. The first kappa shape index (κ1) is 21.3. The monoisotopic (exact) mass is 459 g/mol. The highest BCUT2D eigenvalue weighted by Crippen LogP contribution is 2.30. The fourth-order valence-corrected chi connectivity index (χ4v) is 3.65. The molecule has 34 heavy (non-hydrogen) atoms. The van der Waals surface area contributed by atoms with Gasteiger partial charge in [-0.25, -0.2) is 23.5 Å². The molecule has 0 aliphatic heterocycles. The van der Waals surface area contributed by atoms with Gasteiger partial charge in [0.1, 0.15) is 0 Å². The highest BCUT2D eigenvalue weighted by molar-refractivity contribution is 5.90. The Balaban J connectivity index is 1.62. The van der Waals surface area contributed by atoms with E-state index in [0.717, 1.165) is 23.3 Å². The first-order valence-electron chi connectivity index (χ1n) is 10.4. The number of benzene rings is 2. The first-order chi connectivity index (χ1) is 16.5. The zero-order chi connectivity index (χ0) is 23.7. The molecule has 10 heteroatoms. The minimum Gasteiger partial charge on any atom is -0.363 e. The van der Waals surface area contributed by atoms with Gasteiger partial charge in [0.15, 0.2) is 23.1 Å². The zero-order valence-electron chi connectivity index (χ0n) is 18.0. The maximum Gasteiger partial charge on any atom is 0.318 e. The van der Waals surface area contributed by atoms with E-state index in [9.17, 15) is 13.6 Å². The van der Waals surface area contributed by atoms with Crippen molar-refractivity contribution in [1.29, 1.82) is 0 Å². The number of anilines is 2. The van der Waals surface area contributed by atoms with E-state index in [1.165, 1.54) is 7.05 Å². The zero-order valence-corrected chi connectivity index (χ0v) is 18.0. The Morgan fingerprint density at radius 2 is 1.76 bits per heavy atom. The van der Waals surface area contributed by atoms with Gasteiger partial charge in [0.25, 0.3) is 0 Å². The summed E-state index contributed by atoms with van der Waals surface area (Å²) in [6.07, 6.45) is 5.03. The van der Waals surface area contributed by atoms with Crippen molar-refractivity contribution < 1.29 is 13.6 Å². The quantitative estimate of drug-likeness (QED) is 0.357. The molecule has 0 unspecified atom stereocenters. The molecular formula is C24H19F2N7O. The average molecular weight is 459 g/mol. The molecule has 0 fully saturated rings. The van der Waals surface area contributed by atoms with E-state index in [2.05, 4.69) is 30.9 Å². The van der Waals surface area contributed by atoms with Crippen molar-refractivity contribution in [1.82, 2.24) is 24.7 Å². The second-order valence-corrected chi connectivity index (χ2v) is 7.51. The molecule has 8 nitrogen and oxygen atoms in total. The summed E-state index contributed by atoms with van der Waals surface area (Å²) in [5.74, 6) is -1.52. The van der Waals surface area contributed by atoms with Gasteiger partial charge in [-0.1, -0.05) is 12.1 Å². The molecule has 3 aromatic heterocycles. The summed E-state index contributed by atoms with van der Waals surface area (Å²) in [6, 6.07) is 12.7. The second kappa shape index (κ2) is 8.74. The number of rotatable bonds is 5. The van der Waals surface area contributed by atoms with E-state index in [0.29, 0.717) is 34.9 Å². The fraction of sp³-hybridized carbons (Fsp3) is 0.0833. The Morgan fingerprint density at radius 1 is 1.03 bits per heavy atom. The average Bonchev–Trinajstić information content (AvgIpc) is 3.30. The summed E-state index contributed by atoms with van der Waals surface area (Å²) in [4.78, 5) is 24.6. The van der Waals surface area contributed by atoms with Gasteiger partial charge in [0.05, 0.1) is 22.9 Å².